The first-order chi connectivity index (χ1) is 8.44. The molecule has 0 radical (unpaired) electrons. The first-order valence-corrected chi connectivity index (χ1v) is 7.13. The maximum absolute atomic E-state index is 12.3. The molecule has 0 aliphatic rings. The monoisotopic (exact) mass is 281 g/mol. The van der Waals surface area contributed by atoms with Crippen LogP contribution in [-0.4, -0.2) is 10.3 Å². The molecule has 0 N–H and O–H groups in total. The van der Waals surface area contributed by atoms with Gasteiger partial charge in [-0.05, 0) is 23.3 Å². The molecule has 3 nitrogen and oxygen atoms in total. The fourth-order valence-electron chi connectivity index (χ4n) is 1.72. The van der Waals surface area contributed by atoms with Crippen molar-refractivity contribution in [2.75, 3.05) is 5.75 Å². The van der Waals surface area contributed by atoms with Gasteiger partial charge < -0.3 is 0 Å². The summed E-state index contributed by atoms with van der Waals surface area (Å²) >= 11 is 5.38. The van der Waals surface area contributed by atoms with Crippen molar-refractivity contribution in [3.63, 3.8) is 0 Å². The van der Waals surface area contributed by atoms with Crippen molar-refractivity contribution in [3.8, 4) is 0 Å². The molecule has 2 aromatic rings. The topological polar surface area (TPSA) is 39.1 Å². The number of nitrogens with zero attached hydrogens (tertiary/aromatic N) is 1. The van der Waals surface area contributed by atoms with Crippen LogP contribution in [0.4, 0.5) is 0 Å². The minimum Gasteiger partial charge on any atom is -0.269 e. The molecule has 0 atom stereocenters. The number of thiol groups is 1. The van der Waals surface area contributed by atoms with E-state index in [1.54, 1.807) is 12.1 Å². The van der Waals surface area contributed by atoms with E-state index < -0.39 is 0 Å². The van der Waals surface area contributed by atoms with E-state index in [-0.39, 0.29) is 15.8 Å². The summed E-state index contributed by atoms with van der Waals surface area (Å²) in [6.07, 6.45) is 0. The first-order valence-electron chi connectivity index (χ1n) is 5.68. The van der Waals surface area contributed by atoms with Crippen molar-refractivity contribution in [2.24, 2.45) is 5.41 Å². The maximum atomic E-state index is 12.3. The number of rotatable bonds is 3. The van der Waals surface area contributed by atoms with Gasteiger partial charge >= 0.3 is 4.87 Å². The van der Waals surface area contributed by atoms with Gasteiger partial charge in [-0.25, -0.2) is 0 Å². The molecular weight excluding hydrogens is 266 g/mol. The Balaban J connectivity index is 2.66. The van der Waals surface area contributed by atoms with Crippen molar-refractivity contribution in [1.82, 2.24) is 4.57 Å². The quantitative estimate of drug-likeness (QED) is 0.877. The molecule has 1 heterocycles. The van der Waals surface area contributed by atoms with Gasteiger partial charge in [0, 0.05) is 11.2 Å². The predicted octanol–water partition coefficient (Wildman–Crippen LogP) is 2.38. The molecule has 5 heteroatoms. The Labute approximate surface area is 114 Å². The summed E-state index contributed by atoms with van der Waals surface area (Å²) in [5.74, 6) is 0.621. The Hall–Kier alpha value is -1.07. The Morgan fingerprint density at radius 3 is 2.61 bits per heavy atom. The van der Waals surface area contributed by atoms with Crippen LogP contribution in [0.3, 0.4) is 0 Å². The van der Waals surface area contributed by atoms with E-state index in [9.17, 15) is 9.59 Å². The lowest BCUT2D eigenvalue weighted by atomic mass is 9.96. The molecule has 18 heavy (non-hydrogen) atoms. The second-order valence-electron chi connectivity index (χ2n) is 5.08. The van der Waals surface area contributed by atoms with E-state index in [2.05, 4.69) is 12.6 Å². The molecule has 0 fully saturated rings. The molecule has 0 saturated heterocycles. The van der Waals surface area contributed by atoms with Crippen LogP contribution in [0.2, 0.25) is 0 Å². The Morgan fingerprint density at radius 2 is 1.94 bits per heavy atom. The molecule has 0 bridgehead atoms. The summed E-state index contributed by atoms with van der Waals surface area (Å²) in [5, 5.41) is 0.608. The number of aromatic nitrogens is 1. The van der Waals surface area contributed by atoms with E-state index in [1.807, 2.05) is 26.0 Å². The summed E-state index contributed by atoms with van der Waals surface area (Å²) in [4.78, 5) is 24.1. The zero-order valence-electron chi connectivity index (χ0n) is 10.3. The maximum Gasteiger partial charge on any atom is 0.310 e. The standard InChI is InChI=1S/C13H15NO2S2/c1-13(2,8-17)7-14-11(15)9-5-3-4-6-10(9)18-12(14)16/h3-6,17H,7-8H2,1-2H3. The highest BCUT2D eigenvalue weighted by Crippen LogP contribution is 2.19. The van der Waals surface area contributed by atoms with Crippen LogP contribution in [-0.2, 0) is 6.54 Å². The Morgan fingerprint density at radius 1 is 1.28 bits per heavy atom. The second kappa shape index (κ2) is 4.90. The largest absolute Gasteiger partial charge is 0.310 e. The minimum absolute atomic E-state index is 0.179. The van der Waals surface area contributed by atoms with Gasteiger partial charge in [0.25, 0.3) is 5.56 Å². The fourth-order valence-corrected chi connectivity index (χ4v) is 2.68. The molecular formula is C13H15NO2S2. The first kappa shape index (κ1) is 13.4. The Kier molecular flexibility index (Phi) is 3.64. The van der Waals surface area contributed by atoms with Crippen LogP contribution in [0.15, 0.2) is 33.9 Å². The van der Waals surface area contributed by atoms with Crippen LogP contribution in [0, 0.1) is 5.41 Å². The van der Waals surface area contributed by atoms with Gasteiger partial charge in [0.05, 0.1) is 5.39 Å². The van der Waals surface area contributed by atoms with E-state index in [0.29, 0.717) is 17.7 Å². The van der Waals surface area contributed by atoms with Crippen LogP contribution < -0.4 is 10.4 Å². The molecule has 0 unspecified atom stereocenters. The predicted molar refractivity (Wildman–Crippen MR) is 80.0 cm³/mol. The average Bonchev–Trinajstić information content (AvgIpc) is 2.34. The summed E-state index contributed by atoms with van der Waals surface area (Å²) in [5.41, 5.74) is -0.384. The third-order valence-electron chi connectivity index (χ3n) is 2.79. The van der Waals surface area contributed by atoms with Crippen molar-refractivity contribution >= 4 is 34.1 Å². The van der Waals surface area contributed by atoms with Gasteiger partial charge in [-0.3, -0.25) is 14.2 Å². The zero-order chi connectivity index (χ0) is 13.3. The van der Waals surface area contributed by atoms with Crippen molar-refractivity contribution in [2.45, 2.75) is 20.4 Å². The minimum atomic E-state index is -0.204. The Bertz CT molecular complexity index is 685. The zero-order valence-corrected chi connectivity index (χ0v) is 12.1. The van der Waals surface area contributed by atoms with Gasteiger partial charge in [-0.15, -0.1) is 0 Å². The van der Waals surface area contributed by atoms with Crippen LogP contribution >= 0.6 is 24.0 Å². The van der Waals surface area contributed by atoms with Gasteiger partial charge in [0.2, 0.25) is 0 Å². The fraction of sp³-hybridized carbons (Fsp3) is 0.385. The van der Waals surface area contributed by atoms with Crippen molar-refractivity contribution in [3.05, 3.63) is 44.3 Å². The molecule has 2 rings (SSSR count). The number of benzene rings is 1. The summed E-state index contributed by atoms with van der Waals surface area (Å²) in [6.45, 7) is 4.38. The van der Waals surface area contributed by atoms with E-state index in [0.717, 1.165) is 16.0 Å². The number of hydrogen-bond donors (Lipinski definition) is 1. The number of hydrogen-bond acceptors (Lipinski definition) is 4. The molecule has 0 aliphatic heterocycles. The van der Waals surface area contributed by atoms with Crippen LogP contribution in [0.1, 0.15) is 13.8 Å². The van der Waals surface area contributed by atoms with E-state index >= 15 is 0 Å². The molecule has 0 saturated carbocycles. The lowest BCUT2D eigenvalue weighted by Crippen LogP contribution is -2.37. The van der Waals surface area contributed by atoms with Gasteiger partial charge in [0.15, 0.2) is 0 Å². The number of fused-ring (bicyclic) bond motifs is 1. The van der Waals surface area contributed by atoms with E-state index in [4.69, 9.17) is 0 Å². The summed E-state index contributed by atoms with van der Waals surface area (Å²) < 4.78 is 2.07. The molecule has 96 valence electrons. The molecule has 0 aliphatic carbocycles. The lowest BCUT2D eigenvalue weighted by molar-refractivity contribution is 0.345. The molecule has 1 aromatic heterocycles. The average molecular weight is 281 g/mol. The third kappa shape index (κ3) is 2.52. The summed E-state index contributed by atoms with van der Waals surface area (Å²) in [7, 11) is 0. The normalized spacial score (nSPS) is 11.9. The van der Waals surface area contributed by atoms with Gasteiger partial charge in [-0.1, -0.05) is 37.3 Å². The van der Waals surface area contributed by atoms with Gasteiger partial charge in [-0.2, -0.15) is 12.6 Å². The smallest absolute Gasteiger partial charge is 0.269 e. The molecule has 1 aromatic carbocycles. The molecule has 0 amide bonds. The van der Waals surface area contributed by atoms with Crippen molar-refractivity contribution < 1.29 is 0 Å². The van der Waals surface area contributed by atoms with Crippen LogP contribution in [0.25, 0.3) is 10.1 Å². The third-order valence-corrected chi connectivity index (χ3v) is 4.62. The van der Waals surface area contributed by atoms with E-state index in [1.165, 1.54) is 4.57 Å². The SMILES string of the molecule is CC(C)(CS)Cn1c(=O)sc2ccccc2c1=O. The summed E-state index contributed by atoms with van der Waals surface area (Å²) in [6, 6.07) is 7.21. The van der Waals surface area contributed by atoms with Crippen LogP contribution in [0.5, 0.6) is 0 Å². The highest BCUT2D eigenvalue weighted by atomic mass is 32.1. The highest BCUT2D eigenvalue weighted by Gasteiger charge is 2.19. The lowest BCUT2D eigenvalue weighted by Gasteiger charge is -2.22. The second-order valence-corrected chi connectivity index (χ2v) is 6.39. The van der Waals surface area contributed by atoms with Gasteiger partial charge in [0.1, 0.15) is 0 Å². The molecule has 0 spiro atoms. The van der Waals surface area contributed by atoms with Crippen molar-refractivity contribution in [1.29, 1.82) is 0 Å². The highest BCUT2D eigenvalue weighted by molar-refractivity contribution is 7.80.